The largest absolute Gasteiger partial charge is 0.394 e. The molecule has 0 spiro atoms. The van der Waals surface area contributed by atoms with Crippen LogP contribution in [0, 0.1) is 6.92 Å². The maximum atomic E-state index is 12.4. The number of nitrogens with one attached hydrogen (secondary N) is 1. The first kappa shape index (κ1) is 14.4. The van der Waals surface area contributed by atoms with E-state index in [1.54, 1.807) is 20.3 Å². The smallest absolute Gasteiger partial charge is 0.257 e. The number of pyridine rings is 1. The van der Waals surface area contributed by atoms with Gasteiger partial charge in [0.25, 0.3) is 5.91 Å². The fraction of sp³-hybridized carbons (Fsp3) is 0.538. The molecule has 0 atom stereocenters. The molecule has 0 saturated heterocycles. The summed E-state index contributed by atoms with van der Waals surface area (Å²) < 4.78 is 0. The molecule has 100 valence electrons. The van der Waals surface area contributed by atoms with Gasteiger partial charge in [0, 0.05) is 26.0 Å². The van der Waals surface area contributed by atoms with Crippen molar-refractivity contribution in [2.75, 3.05) is 26.0 Å². The standard InChI is InChI=1S/C13H21N3O2/c1-9-6-11(14-4)10(7-15-9)12(18)16(5)13(2,3)8-17/h6-7,17H,8H2,1-5H3,(H,14,15). The molecule has 0 bridgehead atoms. The van der Waals surface area contributed by atoms with Crippen LogP contribution in [0.2, 0.25) is 0 Å². The lowest BCUT2D eigenvalue weighted by molar-refractivity contribution is 0.0473. The van der Waals surface area contributed by atoms with Gasteiger partial charge < -0.3 is 15.3 Å². The van der Waals surface area contributed by atoms with E-state index in [9.17, 15) is 9.90 Å². The summed E-state index contributed by atoms with van der Waals surface area (Å²) in [7, 11) is 3.45. The van der Waals surface area contributed by atoms with E-state index >= 15 is 0 Å². The number of aryl methyl sites for hydroxylation is 1. The lowest BCUT2D eigenvalue weighted by Crippen LogP contribution is -2.47. The van der Waals surface area contributed by atoms with Gasteiger partial charge in [0.05, 0.1) is 23.4 Å². The molecule has 0 saturated carbocycles. The number of likely N-dealkylation sites (N-methyl/N-ethyl adjacent to an activating group) is 1. The number of amides is 1. The van der Waals surface area contributed by atoms with Crippen molar-refractivity contribution in [2.45, 2.75) is 26.3 Å². The second-order valence-electron chi connectivity index (χ2n) is 4.96. The van der Waals surface area contributed by atoms with E-state index in [1.165, 1.54) is 4.90 Å². The molecule has 1 amide bonds. The van der Waals surface area contributed by atoms with Gasteiger partial charge in [-0.05, 0) is 26.8 Å². The number of aliphatic hydroxyl groups is 1. The van der Waals surface area contributed by atoms with Gasteiger partial charge in [0.2, 0.25) is 0 Å². The lowest BCUT2D eigenvalue weighted by atomic mass is 10.0. The zero-order valence-corrected chi connectivity index (χ0v) is 11.6. The van der Waals surface area contributed by atoms with Crippen LogP contribution in [0.15, 0.2) is 12.3 Å². The molecule has 1 rings (SSSR count). The third kappa shape index (κ3) is 2.79. The normalized spacial score (nSPS) is 11.2. The van der Waals surface area contributed by atoms with Gasteiger partial charge in [0.15, 0.2) is 0 Å². The van der Waals surface area contributed by atoms with Gasteiger partial charge in [-0.15, -0.1) is 0 Å². The minimum absolute atomic E-state index is 0.0938. The van der Waals surface area contributed by atoms with Crippen LogP contribution in [0.1, 0.15) is 29.9 Å². The van der Waals surface area contributed by atoms with Crippen LogP contribution in [-0.2, 0) is 0 Å². The predicted octanol–water partition coefficient (Wildman–Crippen LogP) is 1.27. The van der Waals surface area contributed by atoms with Crippen LogP contribution in [0.5, 0.6) is 0 Å². The first-order chi connectivity index (χ1) is 8.33. The first-order valence-electron chi connectivity index (χ1n) is 5.87. The van der Waals surface area contributed by atoms with E-state index in [1.807, 2.05) is 26.8 Å². The van der Waals surface area contributed by atoms with E-state index in [0.29, 0.717) is 5.56 Å². The summed E-state index contributed by atoms with van der Waals surface area (Å²) >= 11 is 0. The number of carbonyl (C=O) groups excluding carboxylic acids is 1. The monoisotopic (exact) mass is 251 g/mol. The summed E-state index contributed by atoms with van der Waals surface area (Å²) in [5, 5.41) is 12.3. The average Bonchev–Trinajstić information content (AvgIpc) is 2.36. The Kier molecular flexibility index (Phi) is 4.29. The van der Waals surface area contributed by atoms with E-state index in [0.717, 1.165) is 11.4 Å². The van der Waals surface area contributed by atoms with Crippen LogP contribution < -0.4 is 5.32 Å². The Balaban J connectivity index is 3.11. The Morgan fingerprint density at radius 1 is 1.56 bits per heavy atom. The van der Waals surface area contributed by atoms with E-state index in [2.05, 4.69) is 10.3 Å². The Hall–Kier alpha value is -1.62. The summed E-state index contributed by atoms with van der Waals surface area (Å²) in [6.45, 7) is 5.40. The number of hydrogen-bond donors (Lipinski definition) is 2. The summed E-state index contributed by atoms with van der Waals surface area (Å²) in [6.07, 6.45) is 1.56. The van der Waals surface area contributed by atoms with Crippen molar-refractivity contribution in [1.29, 1.82) is 0 Å². The summed E-state index contributed by atoms with van der Waals surface area (Å²) in [6, 6.07) is 1.83. The van der Waals surface area contributed by atoms with E-state index < -0.39 is 5.54 Å². The number of anilines is 1. The molecule has 0 aliphatic heterocycles. The molecule has 0 fully saturated rings. The van der Waals surface area contributed by atoms with Crippen molar-refractivity contribution in [1.82, 2.24) is 9.88 Å². The molecule has 0 radical (unpaired) electrons. The fourth-order valence-corrected chi connectivity index (χ4v) is 1.50. The van der Waals surface area contributed by atoms with Gasteiger partial charge in [-0.2, -0.15) is 0 Å². The highest BCUT2D eigenvalue weighted by molar-refractivity contribution is 5.99. The molecule has 1 aromatic rings. The Bertz CT molecular complexity index is 444. The van der Waals surface area contributed by atoms with Crippen molar-refractivity contribution in [3.63, 3.8) is 0 Å². The summed E-state index contributed by atoms with van der Waals surface area (Å²) in [5.41, 5.74) is 1.49. The zero-order valence-electron chi connectivity index (χ0n) is 11.6. The highest BCUT2D eigenvalue weighted by atomic mass is 16.3. The molecule has 2 N–H and O–H groups in total. The first-order valence-corrected chi connectivity index (χ1v) is 5.87. The maximum Gasteiger partial charge on any atom is 0.257 e. The minimum Gasteiger partial charge on any atom is -0.394 e. The molecule has 5 nitrogen and oxygen atoms in total. The third-order valence-electron chi connectivity index (χ3n) is 3.14. The van der Waals surface area contributed by atoms with Gasteiger partial charge in [-0.25, -0.2) is 0 Å². The number of rotatable bonds is 4. The SMILES string of the molecule is CNc1cc(C)ncc1C(=O)N(C)C(C)(C)CO. The van der Waals surface area contributed by atoms with Crippen LogP contribution >= 0.6 is 0 Å². The van der Waals surface area contributed by atoms with Crippen LogP contribution in [-0.4, -0.2) is 47.1 Å². The quantitative estimate of drug-likeness (QED) is 0.846. The average molecular weight is 251 g/mol. The van der Waals surface area contributed by atoms with Crippen molar-refractivity contribution < 1.29 is 9.90 Å². The Labute approximate surface area is 108 Å². The molecule has 18 heavy (non-hydrogen) atoms. The Morgan fingerprint density at radius 3 is 2.67 bits per heavy atom. The molecule has 5 heteroatoms. The van der Waals surface area contributed by atoms with E-state index in [4.69, 9.17) is 0 Å². The van der Waals surface area contributed by atoms with Gasteiger partial charge in [-0.3, -0.25) is 9.78 Å². The number of aliphatic hydroxyl groups excluding tert-OH is 1. The molecule has 0 aromatic carbocycles. The second kappa shape index (κ2) is 5.35. The zero-order chi connectivity index (χ0) is 13.9. The van der Waals surface area contributed by atoms with E-state index in [-0.39, 0.29) is 12.5 Å². The number of aromatic nitrogens is 1. The predicted molar refractivity (Wildman–Crippen MR) is 71.8 cm³/mol. The van der Waals surface area contributed by atoms with Gasteiger partial charge >= 0.3 is 0 Å². The van der Waals surface area contributed by atoms with Gasteiger partial charge in [-0.1, -0.05) is 0 Å². The fourth-order valence-electron chi connectivity index (χ4n) is 1.50. The highest BCUT2D eigenvalue weighted by Gasteiger charge is 2.28. The Morgan fingerprint density at radius 2 is 2.17 bits per heavy atom. The minimum atomic E-state index is -0.604. The topological polar surface area (TPSA) is 65.5 Å². The lowest BCUT2D eigenvalue weighted by Gasteiger charge is -2.34. The summed E-state index contributed by atoms with van der Waals surface area (Å²) in [5.74, 6) is -0.161. The molecule has 1 aromatic heterocycles. The maximum absolute atomic E-state index is 12.4. The summed E-state index contributed by atoms with van der Waals surface area (Å²) in [4.78, 5) is 18.1. The number of carbonyl (C=O) groups is 1. The van der Waals surface area contributed by atoms with Crippen molar-refractivity contribution >= 4 is 11.6 Å². The van der Waals surface area contributed by atoms with Crippen LogP contribution in [0.4, 0.5) is 5.69 Å². The highest BCUT2D eigenvalue weighted by Crippen LogP contribution is 2.20. The number of hydrogen-bond acceptors (Lipinski definition) is 4. The van der Waals surface area contributed by atoms with Crippen LogP contribution in [0.3, 0.4) is 0 Å². The molecular weight excluding hydrogens is 230 g/mol. The molecule has 0 aliphatic rings. The van der Waals surface area contributed by atoms with Crippen LogP contribution in [0.25, 0.3) is 0 Å². The molecule has 1 heterocycles. The second-order valence-corrected chi connectivity index (χ2v) is 4.96. The molecule has 0 aliphatic carbocycles. The molecule has 0 unspecified atom stereocenters. The number of nitrogens with zero attached hydrogens (tertiary/aromatic N) is 2. The third-order valence-corrected chi connectivity index (χ3v) is 3.14. The molecular formula is C13H21N3O2. The van der Waals surface area contributed by atoms with Crippen molar-refractivity contribution in [3.05, 3.63) is 23.5 Å². The van der Waals surface area contributed by atoms with Crippen molar-refractivity contribution in [2.24, 2.45) is 0 Å². The van der Waals surface area contributed by atoms with Gasteiger partial charge in [0.1, 0.15) is 0 Å². The van der Waals surface area contributed by atoms with Crippen molar-refractivity contribution in [3.8, 4) is 0 Å².